The quantitative estimate of drug-likeness (QED) is 0.585. The lowest BCUT2D eigenvalue weighted by Crippen LogP contribution is -2.21. The number of hydrogen-bond acceptors (Lipinski definition) is 8. The van der Waals surface area contributed by atoms with Crippen LogP contribution in [-0.2, 0) is 13.1 Å². The van der Waals surface area contributed by atoms with Gasteiger partial charge in [-0.25, -0.2) is 4.98 Å². The van der Waals surface area contributed by atoms with E-state index in [0.29, 0.717) is 40.9 Å². The summed E-state index contributed by atoms with van der Waals surface area (Å²) in [4.78, 5) is 25.3. The van der Waals surface area contributed by atoms with E-state index in [4.69, 9.17) is 4.42 Å². The summed E-state index contributed by atoms with van der Waals surface area (Å²) in [5.41, 5.74) is 1.38. The number of aromatic nitrogens is 5. The van der Waals surface area contributed by atoms with Gasteiger partial charge in [-0.15, -0.1) is 21.5 Å². The van der Waals surface area contributed by atoms with Crippen molar-refractivity contribution in [2.24, 2.45) is 0 Å². The average Bonchev–Trinajstić information content (AvgIpc) is 3.25. The van der Waals surface area contributed by atoms with Crippen molar-refractivity contribution in [1.82, 2.24) is 30.0 Å². The Morgan fingerprint density at radius 1 is 1.28 bits per heavy atom. The molecule has 0 saturated carbocycles. The Morgan fingerprint density at radius 2 is 2.20 bits per heavy atom. The Bertz CT molecular complexity index is 1060. The van der Waals surface area contributed by atoms with E-state index in [-0.39, 0.29) is 5.56 Å². The van der Waals surface area contributed by atoms with E-state index in [0.717, 1.165) is 5.56 Å². The third kappa shape index (κ3) is 3.32. The smallest absolute Gasteiger partial charge is 0.268 e. The molecule has 0 bridgehead atoms. The van der Waals surface area contributed by atoms with Crippen LogP contribution in [-0.4, -0.2) is 37.1 Å². The zero-order chi connectivity index (χ0) is 17.2. The van der Waals surface area contributed by atoms with Crippen molar-refractivity contribution in [3.63, 3.8) is 0 Å². The van der Waals surface area contributed by atoms with E-state index >= 15 is 0 Å². The van der Waals surface area contributed by atoms with Crippen LogP contribution in [0, 0.1) is 0 Å². The van der Waals surface area contributed by atoms with Crippen molar-refractivity contribution in [1.29, 1.82) is 0 Å². The van der Waals surface area contributed by atoms with Crippen molar-refractivity contribution in [3.05, 3.63) is 58.0 Å². The molecule has 0 amide bonds. The summed E-state index contributed by atoms with van der Waals surface area (Å²) in [5, 5.41) is 9.96. The Labute approximate surface area is 146 Å². The largest absolute Gasteiger partial charge is 0.419 e. The van der Waals surface area contributed by atoms with Crippen molar-refractivity contribution in [2.45, 2.75) is 13.1 Å². The predicted molar refractivity (Wildman–Crippen MR) is 92.9 cm³/mol. The maximum atomic E-state index is 12.0. The third-order valence-electron chi connectivity index (χ3n) is 3.56. The molecule has 0 unspecified atom stereocenters. The molecule has 0 aromatic carbocycles. The van der Waals surface area contributed by atoms with Crippen molar-refractivity contribution >= 4 is 21.6 Å². The Kier molecular flexibility index (Phi) is 4.08. The van der Waals surface area contributed by atoms with Crippen molar-refractivity contribution < 1.29 is 4.42 Å². The summed E-state index contributed by atoms with van der Waals surface area (Å²) >= 11 is 1.39. The zero-order valence-corrected chi connectivity index (χ0v) is 14.2. The zero-order valence-electron chi connectivity index (χ0n) is 13.3. The Balaban J connectivity index is 1.47. The standard InChI is InChI=1S/C16H14N6O2S/c1-22(8-12-18-11-4-6-25-14(11)15(23)19-12)9-13-20-21-16(24-13)10-3-2-5-17-7-10/h2-7H,8-9H2,1H3,(H,18,19,23). The van der Waals surface area contributed by atoms with Crippen LogP contribution in [0.25, 0.3) is 21.7 Å². The van der Waals surface area contributed by atoms with Crippen LogP contribution in [0.5, 0.6) is 0 Å². The van der Waals surface area contributed by atoms with Crippen molar-refractivity contribution in [3.8, 4) is 11.5 Å². The predicted octanol–water partition coefficient (Wildman–Crippen LogP) is 2.06. The van der Waals surface area contributed by atoms with Gasteiger partial charge in [-0.1, -0.05) is 0 Å². The highest BCUT2D eigenvalue weighted by Gasteiger charge is 2.12. The Morgan fingerprint density at radius 3 is 3.04 bits per heavy atom. The number of nitrogens with zero attached hydrogens (tertiary/aromatic N) is 5. The minimum absolute atomic E-state index is 0.111. The number of aromatic amines is 1. The number of H-pyrrole nitrogens is 1. The number of hydrogen-bond donors (Lipinski definition) is 1. The lowest BCUT2D eigenvalue weighted by molar-refractivity contribution is 0.276. The molecule has 0 fully saturated rings. The first-order valence-electron chi connectivity index (χ1n) is 7.57. The van der Waals surface area contributed by atoms with E-state index in [9.17, 15) is 4.79 Å². The van der Waals surface area contributed by atoms with Crippen LogP contribution in [0.2, 0.25) is 0 Å². The summed E-state index contributed by atoms with van der Waals surface area (Å²) in [7, 11) is 1.89. The first kappa shape index (κ1) is 15.6. The second-order valence-corrected chi connectivity index (χ2v) is 6.48. The lowest BCUT2D eigenvalue weighted by Gasteiger charge is -2.13. The summed E-state index contributed by atoms with van der Waals surface area (Å²) in [5.74, 6) is 1.52. The second kappa shape index (κ2) is 6.54. The maximum Gasteiger partial charge on any atom is 0.268 e. The molecule has 126 valence electrons. The maximum absolute atomic E-state index is 12.0. The highest BCUT2D eigenvalue weighted by atomic mass is 32.1. The highest BCUT2D eigenvalue weighted by molar-refractivity contribution is 7.17. The molecule has 4 rings (SSSR count). The molecule has 0 radical (unpaired) electrons. The normalized spacial score (nSPS) is 11.4. The lowest BCUT2D eigenvalue weighted by atomic mass is 10.3. The van der Waals surface area contributed by atoms with Gasteiger partial charge in [0.05, 0.1) is 24.2 Å². The van der Waals surface area contributed by atoms with E-state index in [1.807, 2.05) is 35.5 Å². The van der Waals surface area contributed by atoms with Gasteiger partial charge in [-0.2, -0.15) is 0 Å². The van der Waals surface area contributed by atoms with Crippen molar-refractivity contribution in [2.75, 3.05) is 7.05 Å². The minimum Gasteiger partial charge on any atom is -0.419 e. The van der Waals surface area contributed by atoms with Gasteiger partial charge in [0.2, 0.25) is 11.8 Å². The third-order valence-corrected chi connectivity index (χ3v) is 4.47. The van der Waals surface area contributed by atoms with Gasteiger partial charge in [0.15, 0.2) is 0 Å². The molecule has 0 spiro atoms. The topological polar surface area (TPSA) is 101 Å². The number of rotatable bonds is 5. The van der Waals surface area contributed by atoms with Crippen LogP contribution in [0.1, 0.15) is 11.7 Å². The molecule has 4 heterocycles. The molecule has 25 heavy (non-hydrogen) atoms. The molecular weight excluding hydrogens is 340 g/mol. The summed E-state index contributed by atoms with van der Waals surface area (Å²) in [6.07, 6.45) is 3.36. The number of fused-ring (bicyclic) bond motifs is 1. The Hall–Kier alpha value is -2.91. The van der Waals surface area contributed by atoms with Gasteiger partial charge in [0.25, 0.3) is 5.56 Å². The first-order valence-corrected chi connectivity index (χ1v) is 8.45. The van der Waals surface area contributed by atoms with Crippen LogP contribution >= 0.6 is 11.3 Å². The van der Waals surface area contributed by atoms with E-state index < -0.39 is 0 Å². The minimum atomic E-state index is -0.111. The fraction of sp³-hybridized carbons (Fsp3) is 0.188. The molecule has 4 aromatic heterocycles. The van der Waals surface area contributed by atoms with Gasteiger partial charge in [0, 0.05) is 12.4 Å². The van der Waals surface area contributed by atoms with E-state index in [1.165, 1.54) is 11.3 Å². The number of thiophene rings is 1. The molecule has 0 saturated heterocycles. The van der Waals surface area contributed by atoms with Gasteiger partial charge in [0.1, 0.15) is 10.5 Å². The SMILES string of the molecule is CN(Cc1nc2ccsc2c(=O)[nH]1)Cc1nnc(-c2cccnc2)o1. The van der Waals surface area contributed by atoms with Gasteiger partial charge >= 0.3 is 0 Å². The fourth-order valence-corrected chi connectivity index (χ4v) is 3.19. The molecule has 4 aromatic rings. The van der Waals surface area contributed by atoms with Crippen LogP contribution < -0.4 is 5.56 Å². The first-order chi connectivity index (χ1) is 12.2. The van der Waals surface area contributed by atoms with Gasteiger partial charge < -0.3 is 9.40 Å². The molecule has 8 nitrogen and oxygen atoms in total. The summed E-state index contributed by atoms with van der Waals surface area (Å²) < 4.78 is 6.31. The second-order valence-electron chi connectivity index (χ2n) is 5.56. The molecular formula is C16H14N6O2S. The van der Waals surface area contributed by atoms with Gasteiger partial charge in [-0.05, 0) is 30.6 Å². The molecule has 0 aliphatic rings. The van der Waals surface area contributed by atoms with Gasteiger partial charge in [-0.3, -0.25) is 14.7 Å². The number of pyridine rings is 1. The monoisotopic (exact) mass is 354 g/mol. The summed E-state index contributed by atoms with van der Waals surface area (Å²) in [6.45, 7) is 0.907. The van der Waals surface area contributed by atoms with E-state index in [2.05, 4.69) is 25.1 Å². The molecule has 0 aliphatic carbocycles. The average molecular weight is 354 g/mol. The summed E-state index contributed by atoms with van der Waals surface area (Å²) in [6, 6.07) is 5.52. The highest BCUT2D eigenvalue weighted by Crippen LogP contribution is 2.17. The van der Waals surface area contributed by atoms with Crippen LogP contribution in [0.4, 0.5) is 0 Å². The molecule has 1 N–H and O–H groups in total. The molecule has 0 aliphatic heterocycles. The van der Waals surface area contributed by atoms with Crippen LogP contribution in [0.3, 0.4) is 0 Å². The van der Waals surface area contributed by atoms with E-state index in [1.54, 1.807) is 12.4 Å². The fourth-order valence-electron chi connectivity index (χ4n) is 2.46. The number of nitrogens with one attached hydrogen (secondary N) is 1. The molecule has 0 atom stereocenters. The van der Waals surface area contributed by atoms with Crippen LogP contribution in [0.15, 0.2) is 45.2 Å². The molecule has 9 heteroatoms.